The van der Waals surface area contributed by atoms with Gasteiger partial charge in [0, 0.05) is 70.4 Å². The number of rotatable bonds is 6. The molecule has 0 saturated carbocycles. The highest BCUT2D eigenvalue weighted by Crippen LogP contribution is 2.37. The summed E-state index contributed by atoms with van der Waals surface area (Å²) in [6.07, 6.45) is 6.27. The van der Waals surface area contributed by atoms with Gasteiger partial charge in [-0.25, -0.2) is 0 Å². The molecule has 2 aliphatic heterocycles. The third kappa shape index (κ3) is 4.56. The SMILES string of the molecule is CCn1cc(CN2CCC3(CC2)CC(OCC(=O)N(C)C)CCO3)c2ccccc21. The number of piperidine rings is 1. The number of nitrogens with zero attached hydrogens (tertiary/aromatic N) is 3. The molecule has 1 aromatic carbocycles. The van der Waals surface area contributed by atoms with Crippen LogP contribution in [-0.2, 0) is 27.4 Å². The molecule has 2 aromatic rings. The summed E-state index contributed by atoms with van der Waals surface area (Å²) in [5.41, 5.74) is 2.65. The first kappa shape index (κ1) is 21.3. The minimum Gasteiger partial charge on any atom is -0.375 e. The Labute approximate surface area is 179 Å². The van der Waals surface area contributed by atoms with E-state index < -0.39 is 0 Å². The summed E-state index contributed by atoms with van der Waals surface area (Å²) in [6.45, 7) is 7.15. The Morgan fingerprint density at radius 1 is 1.27 bits per heavy atom. The lowest BCUT2D eigenvalue weighted by Gasteiger charge is -2.46. The monoisotopic (exact) mass is 413 g/mol. The van der Waals surface area contributed by atoms with Crippen molar-refractivity contribution in [2.75, 3.05) is 40.4 Å². The van der Waals surface area contributed by atoms with Crippen LogP contribution in [0.3, 0.4) is 0 Å². The standard InChI is InChI=1S/C24H35N3O3/c1-4-27-17-19(21-7-5-6-8-22(21)27)16-26-12-10-24(11-13-26)15-20(9-14-30-24)29-18-23(28)25(2)3/h5-8,17,20H,4,9-16,18H2,1-3H3. The van der Waals surface area contributed by atoms with Gasteiger partial charge >= 0.3 is 0 Å². The quantitative estimate of drug-likeness (QED) is 0.729. The van der Waals surface area contributed by atoms with Crippen LogP contribution < -0.4 is 0 Å². The number of likely N-dealkylation sites (tertiary alicyclic amines) is 1. The van der Waals surface area contributed by atoms with Crippen molar-refractivity contribution >= 4 is 16.8 Å². The Bertz CT molecular complexity index is 868. The molecule has 6 heteroatoms. The molecule has 2 fully saturated rings. The maximum Gasteiger partial charge on any atom is 0.248 e. The zero-order valence-corrected chi connectivity index (χ0v) is 18.6. The Morgan fingerprint density at radius 2 is 2.03 bits per heavy atom. The predicted molar refractivity (Wildman–Crippen MR) is 118 cm³/mol. The number of likely N-dealkylation sites (N-methyl/N-ethyl adjacent to an activating group) is 1. The van der Waals surface area contributed by atoms with E-state index in [2.05, 4.69) is 46.9 Å². The Kier molecular flexibility index (Phi) is 6.46. The van der Waals surface area contributed by atoms with Gasteiger partial charge in [0.1, 0.15) is 6.61 Å². The van der Waals surface area contributed by atoms with Crippen LogP contribution in [0.1, 0.15) is 38.2 Å². The minimum atomic E-state index is -0.0853. The van der Waals surface area contributed by atoms with E-state index in [-0.39, 0.29) is 24.2 Å². The average Bonchev–Trinajstić information content (AvgIpc) is 3.11. The molecule has 1 aromatic heterocycles. The fraction of sp³-hybridized carbons (Fsp3) is 0.625. The number of carbonyl (C=O) groups excluding carboxylic acids is 1. The van der Waals surface area contributed by atoms with Crippen LogP contribution in [0.5, 0.6) is 0 Å². The van der Waals surface area contributed by atoms with Crippen LogP contribution >= 0.6 is 0 Å². The number of ether oxygens (including phenoxy) is 2. The number of benzene rings is 1. The van der Waals surface area contributed by atoms with Gasteiger partial charge in [-0.15, -0.1) is 0 Å². The highest BCUT2D eigenvalue weighted by molar-refractivity contribution is 5.83. The number of aryl methyl sites for hydroxylation is 1. The predicted octanol–water partition coefficient (Wildman–Crippen LogP) is 3.28. The van der Waals surface area contributed by atoms with Crippen LogP contribution in [0.4, 0.5) is 0 Å². The highest BCUT2D eigenvalue weighted by Gasteiger charge is 2.40. The smallest absolute Gasteiger partial charge is 0.248 e. The van der Waals surface area contributed by atoms with E-state index in [9.17, 15) is 4.79 Å². The Balaban J connectivity index is 1.34. The maximum absolute atomic E-state index is 11.8. The lowest BCUT2D eigenvalue weighted by atomic mass is 9.83. The van der Waals surface area contributed by atoms with Crippen molar-refractivity contribution in [1.29, 1.82) is 0 Å². The molecule has 164 valence electrons. The van der Waals surface area contributed by atoms with Crippen LogP contribution in [-0.4, -0.2) is 72.4 Å². The van der Waals surface area contributed by atoms with Gasteiger partial charge in [-0.3, -0.25) is 9.69 Å². The Hall–Kier alpha value is -1.89. The zero-order chi connectivity index (χ0) is 21.1. The molecule has 1 amide bonds. The molecule has 1 atom stereocenters. The summed E-state index contributed by atoms with van der Waals surface area (Å²) in [7, 11) is 3.54. The van der Waals surface area contributed by atoms with Crippen molar-refractivity contribution in [2.45, 2.75) is 57.4 Å². The van der Waals surface area contributed by atoms with E-state index in [1.165, 1.54) is 16.5 Å². The number of hydrogen-bond acceptors (Lipinski definition) is 4. The third-order valence-electron chi connectivity index (χ3n) is 6.76. The molecule has 0 bridgehead atoms. The molecule has 2 saturated heterocycles. The molecule has 1 unspecified atom stereocenters. The summed E-state index contributed by atoms with van der Waals surface area (Å²) < 4.78 is 14.6. The second-order valence-corrected chi connectivity index (χ2v) is 8.98. The van der Waals surface area contributed by atoms with Gasteiger partial charge in [0.05, 0.1) is 11.7 Å². The van der Waals surface area contributed by atoms with E-state index in [0.717, 1.165) is 58.5 Å². The first-order valence-corrected chi connectivity index (χ1v) is 11.2. The van der Waals surface area contributed by atoms with Crippen molar-refractivity contribution in [1.82, 2.24) is 14.4 Å². The fourth-order valence-corrected chi connectivity index (χ4v) is 4.86. The maximum atomic E-state index is 11.8. The summed E-state index contributed by atoms with van der Waals surface area (Å²) in [5.74, 6) is 0.0246. The van der Waals surface area contributed by atoms with Crippen LogP contribution in [0.25, 0.3) is 10.9 Å². The average molecular weight is 414 g/mol. The zero-order valence-electron chi connectivity index (χ0n) is 18.6. The first-order valence-electron chi connectivity index (χ1n) is 11.2. The summed E-state index contributed by atoms with van der Waals surface area (Å²) >= 11 is 0. The minimum absolute atomic E-state index is 0.0246. The molecule has 4 rings (SSSR count). The van der Waals surface area contributed by atoms with Crippen molar-refractivity contribution in [2.24, 2.45) is 0 Å². The summed E-state index contributed by atoms with van der Waals surface area (Å²) in [6, 6.07) is 8.70. The van der Waals surface area contributed by atoms with Crippen molar-refractivity contribution in [3.8, 4) is 0 Å². The van der Waals surface area contributed by atoms with E-state index >= 15 is 0 Å². The van der Waals surface area contributed by atoms with Gasteiger partial charge in [0.15, 0.2) is 0 Å². The molecule has 0 aliphatic carbocycles. The number of aromatic nitrogens is 1. The lowest BCUT2D eigenvalue weighted by molar-refractivity contribution is -0.162. The summed E-state index contributed by atoms with van der Waals surface area (Å²) in [4.78, 5) is 16.0. The second-order valence-electron chi connectivity index (χ2n) is 8.98. The van der Waals surface area contributed by atoms with E-state index in [1.54, 1.807) is 19.0 Å². The van der Waals surface area contributed by atoms with E-state index in [1.807, 2.05) is 0 Å². The topological polar surface area (TPSA) is 46.9 Å². The van der Waals surface area contributed by atoms with Gasteiger partial charge in [0.25, 0.3) is 0 Å². The van der Waals surface area contributed by atoms with Crippen molar-refractivity contribution in [3.63, 3.8) is 0 Å². The van der Waals surface area contributed by atoms with E-state index in [4.69, 9.17) is 9.47 Å². The van der Waals surface area contributed by atoms with Crippen LogP contribution in [0, 0.1) is 0 Å². The summed E-state index contributed by atoms with van der Waals surface area (Å²) in [5, 5.41) is 1.37. The molecule has 0 radical (unpaired) electrons. The third-order valence-corrected chi connectivity index (χ3v) is 6.76. The normalized spacial score (nSPS) is 21.9. The number of hydrogen-bond donors (Lipinski definition) is 0. The molecule has 2 aliphatic rings. The molecule has 1 spiro atoms. The molecule has 30 heavy (non-hydrogen) atoms. The van der Waals surface area contributed by atoms with Gasteiger partial charge in [-0.2, -0.15) is 0 Å². The number of amides is 1. The van der Waals surface area contributed by atoms with E-state index in [0.29, 0.717) is 0 Å². The van der Waals surface area contributed by atoms with Crippen molar-refractivity contribution < 1.29 is 14.3 Å². The molecular weight excluding hydrogens is 378 g/mol. The fourth-order valence-electron chi connectivity index (χ4n) is 4.86. The van der Waals surface area contributed by atoms with Crippen LogP contribution in [0.15, 0.2) is 30.5 Å². The molecular formula is C24H35N3O3. The van der Waals surface area contributed by atoms with Gasteiger partial charge < -0.3 is 18.9 Å². The van der Waals surface area contributed by atoms with Gasteiger partial charge in [-0.05, 0) is 37.8 Å². The lowest BCUT2D eigenvalue weighted by Crippen LogP contribution is -2.50. The van der Waals surface area contributed by atoms with Gasteiger partial charge in [0.2, 0.25) is 5.91 Å². The second kappa shape index (κ2) is 9.08. The van der Waals surface area contributed by atoms with Crippen molar-refractivity contribution in [3.05, 3.63) is 36.0 Å². The highest BCUT2D eigenvalue weighted by atomic mass is 16.5. The van der Waals surface area contributed by atoms with Crippen LogP contribution in [0.2, 0.25) is 0 Å². The first-order chi connectivity index (χ1) is 14.5. The largest absolute Gasteiger partial charge is 0.375 e. The molecule has 3 heterocycles. The van der Waals surface area contributed by atoms with Gasteiger partial charge in [-0.1, -0.05) is 18.2 Å². The number of carbonyl (C=O) groups is 1. The number of fused-ring (bicyclic) bond motifs is 1. The Morgan fingerprint density at radius 3 is 2.77 bits per heavy atom. The molecule has 6 nitrogen and oxygen atoms in total. The molecule has 0 N–H and O–H groups in total. The number of para-hydroxylation sites is 1.